The van der Waals surface area contributed by atoms with Gasteiger partial charge in [0.2, 0.25) is 0 Å². The standard InChI is InChI=1S/C15H23N3O2S/c1-3-11-13(14(19)20)21-15(16-11)18-8-6-12-10(9-18)5-4-7-17(12)2/h10,12H,3-9H2,1-2H3,(H,19,20). The minimum absolute atomic E-state index is 0.412. The summed E-state index contributed by atoms with van der Waals surface area (Å²) in [5.74, 6) is -0.150. The van der Waals surface area contributed by atoms with Crippen LogP contribution in [-0.4, -0.2) is 53.7 Å². The number of thiazole rings is 1. The van der Waals surface area contributed by atoms with Crippen molar-refractivity contribution in [2.75, 3.05) is 31.6 Å². The molecule has 3 heterocycles. The summed E-state index contributed by atoms with van der Waals surface area (Å²) in [6.07, 6.45) is 4.39. The van der Waals surface area contributed by atoms with Gasteiger partial charge in [0.25, 0.3) is 0 Å². The average molecular weight is 309 g/mol. The van der Waals surface area contributed by atoms with E-state index in [0.717, 1.165) is 30.3 Å². The zero-order chi connectivity index (χ0) is 15.0. The molecule has 2 fully saturated rings. The van der Waals surface area contributed by atoms with Crippen LogP contribution in [0.4, 0.5) is 5.13 Å². The van der Waals surface area contributed by atoms with Gasteiger partial charge in [0.05, 0.1) is 5.69 Å². The van der Waals surface area contributed by atoms with Gasteiger partial charge in [0.15, 0.2) is 5.13 Å². The van der Waals surface area contributed by atoms with E-state index in [4.69, 9.17) is 0 Å². The third-order valence-corrected chi connectivity index (χ3v) is 5.98. The number of piperidine rings is 2. The molecule has 2 unspecified atom stereocenters. The van der Waals surface area contributed by atoms with E-state index in [9.17, 15) is 9.90 Å². The van der Waals surface area contributed by atoms with E-state index in [0.29, 0.717) is 23.3 Å². The van der Waals surface area contributed by atoms with Crippen LogP contribution >= 0.6 is 11.3 Å². The quantitative estimate of drug-likeness (QED) is 0.928. The van der Waals surface area contributed by atoms with Crippen LogP contribution < -0.4 is 4.90 Å². The summed E-state index contributed by atoms with van der Waals surface area (Å²) >= 11 is 1.34. The molecule has 0 aliphatic carbocycles. The van der Waals surface area contributed by atoms with E-state index in [1.54, 1.807) is 0 Å². The van der Waals surface area contributed by atoms with Crippen molar-refractivity contribution in [2.45, 2.75) is 38.6 Å². The fourth-order valence-corrected chi connectivity index (χ4v) is 4.74. The third kappa shape index (κ3) is 2.79. The molecule has 1 aromatic rings. The molecule has 1 N–H and O–H groups in total. The number of aryl methyl sites for hydroxylation is 1. The van der Waals surface area contributed by atoms with Crippen molar-refractivity contribution in [3.63, 3.8) is 0 Å². The number of hydrogen-bond acceptors (Lipinski definition) is 5. The molecule has 2 aliphatic rings. The Morgan fingerprint density at radius 2 is 2.24 bits per heavy atom. The van der Waals surface area contributed by atoms with Gasteiger partial charge in [0.1, 0.15) is 4.88 Å². The van der Waals surface area contributed by atoms with Crippen LogP contribution in [0.2, 0.25) is 0 Å². The number of rotatable bonds is 3. The minimum Gasteiger partial charge on any atom is -0.477 e. The van der Waals surface area contributed by atoms with Crippen LogP contribution in [-0.2, 0) is 6.42 Å². The molecular weight excluding hydrogens is 286 g/mol. The zero-order valence-electron chi connectivity index (χ0n) is 12.7. The Kier molecular flexibility index (Phi) is 4.17. The molecule has 1 aromatic heterocycles. The number of anilines is 1. The summed E-state index contributed by atoms with van der Waals surface area (Å²) in [4.78, 5) is 21.1. The Morgan fingerprint density at radius 1 is 1.43 bits per heavy atom. The molecule has 2 aliphatic heterocycles. The SMILES string of the molecule is CCc1nc(N2CCC3C(CCCN3C)C2)sc1C(=O)O. The van der Waals surface area contributed by atoms with Crippen LogP contribution in [0.3, 0.4) is 0 Å². The molecule has 3 rings (SSSR count). The highest BCUT2D eigenvalue weighted by Gasteiger charge is 2.35. The van der Waals surface area contributed by atoms with Gasteiger partial charge in [-0.1, -0.05) is 18.3 Å². The lowest BCUT2D eigenvalue weighted by Crippen LogP contribution is -2.52. The van der Waals surface area contributed by atoms with Crippen LogP contribution in [0.5, 0.6) is 0 Å². The van der Waals surface area contributed by atoms with Crippen molar-refractivity contribution in [1.29, 1.82) is 0 Å². The zero-order valence-corrected chi connectivity index (χ0v) is 13.5. The first-order valence-corrected chi connectivity index (χ1v) is 8.60. The summed E-state index contributed by atoms with van der Waals surface area (Å²) in [7, 11) is 2.23. The van der Waals surface area contributed by atoms with Crippen LogP contribution in [0.25, 0.3) is 0 Å². The highest BCUT2D eigenvalue weighted by molar-refractivity contribution is 7.17. The van der Waals surface area contributed by atoms with E-state index in [2.05, 4.69) is 21.8 Å². The Morgan fingerprint density at radius 3 is 2.90 bits per heavy atom. The predicted molar refractivity (Wildman–Crippen MR) is 84.4 cm³/mol. The molecule has 0 bridgehead atoms. The van der Waals surface area contributed by atoms with Gasteiger partial charge >= 0.3 is 5.97 Å². The fraction of sp³-hybridized carbons (Fsp3) is 0.733. The lowest BCUT2D eigenvalue weighted by molar-refractivity contribution is 0.0701. The molecule has 2 atom stereocenters. The first-order valence-electron chi connectivity index (χ1n) is 7.78. The van der Waals surface area contributed by atoms with Crippen molar-refractivity contribution < 1.29 is 9.90 Å². The second kappa shape index (κ2) is 5.93. The van der Waals surface area contributed by atoms with Crippen LogP contribution in [0.1, 0.15) is 41.6 Å². The summed E-state index contributed by atoms with van der Waals surface area (Å²) in [5.41, 5.74) is 0.727. The highest BCUT2D eigenvalue weighted by atomic mass is 32.1. The molecular formula is C15H23N3O2S. The van der Waals surface area contributed by atoms with Crippen molar-refractivity contribution >= 4 is 22.4 Å². The minimum atomic E-state index is -0.845. The number of carboxylic acid groups (broad SMARTS) is 1. The van der Waals surface area contributed by atoms with Crippen molar-refractivity contribution in [1.82, 2.24) is 9.88 Å². The van der Waals surface area contributed by atoms with Crippen molar-refractivity contribution in [3.8, 4) is 0 Å². The Hall–Kier alpha value is -1.14. The number of nitrogens with zero attached hydrogens (tertiary/aromatic N) is 3. The molecule has 21 heavy (non-hydrogen) atoms. The van der Waals surface area contributed by atoms with Crippen LogP contribution in [0.15, 0.2) is 0 Å². The second-order valence-electron chi connectivity index (χ2n) is 6.12. The Labute approximate surface area is 129 Å². The van der Waals surface area contributed by atoms with Gasteiger partial charge in [0, 0.05) is 19.1 Å². The maximum Gasteiger partial charge on any atom is 0.347 e. The van der Waals surface area contributed by atoms with E-state index in [1.165, 1.54) is 30.7 Å². The average Bonchev–Trinajstić information content (AvgIpc) is 2.91. The maximum atomic E-state index is 11.3. The van der Waals surface area contributed by atoms with Gasteiger partial charge < -0.3 is 14.9 Å². The summed E-state index contributed by atoms with van der Waals surface area (Å²) in [6.45, 7) is 5.18. The fourth-order valence-electron chi connectivity index (χ4n) is 3.71. The number of carbonyl (C=O) groups is 1. The van der Waals surface area contributed by atoms with Gasteiger partial charge in [-0.05, 0) is 45.2 Å². The molecule has 0 amide bonds. The molecule has 6 heteroatoms. The van der Waals surface area contributed by atoms with E-state index < -0.39 is 5.97 Å². The number of hydrogen-bond donors (Lipinski definition) is 1. The Balaban J connectivity index is 1.77. The maximum absolute atomic E-state index is 11.3. The first kappa shape index (κ1) is 14.8. The largest absolute Gasteiger partial charge is 0.477 e. The van der Waals surface area contributed by atoms with E-state index in [-0.39, 0.29) is 0 Å². The lowest BCUT2D eigenvalue weighted by Gasteiger charge is -2.45. The first-order chi connectivity index (χ1) is 10.1. The highest BCUT2D eigenvalue weighted by Crippen LogP contribution is 2.34. The van der Waals surface area contributed by atoms with Gasteiger partial charge in [-0.15, -0.1) is 0 Å². The molecule has 0 spiro atoms. The number of carboxylic acids is 1. The van der Waals surface area contributed by atoms with E-state index >= 15 is 0 Å². The molecule has 0 aromatic carbocycles. The van der Waals surface area contributed by atoms with Gasteiger partial charge in [-0.3, -0.25) is 0 Å². The number of aromatic nitrogens is 1. The molecule has 0 saturated carbocycles. The summed E-state index contributed by atoms with van der Waals surface area (Å²) in [6, 6.07) is 0.694. The van der Waals surface area contributed by atoms with E-state index in [1.807, 2.05) is 6.92 Å². The Bertz CT molecular complexity index is 531. The predicted octanol–water partition coefficient (Wildman–Crippen LogP) is 2.32. The second-order valence-corrected chi connectivity index (χ2v) is 7.09. The molecule has 5 nitrogen and oxygen atoms in total. The molecule has 116 valence electrons. The lowest BCUT2D eigenvalue weighted by atomic mass is 9.84. The van der Waals surface area contributed by atoms with Crippen molar-refractivity contribution in [3.05, 3.63) is 10.6 Å². The number of likely N-dealkylation sites (tertiary alicyclic amines) is 1. The summed E-state index contributed by atoms with van der Waals surface area (Å²) in [5, 5.41) is 10.2. The van der Waals surface area contributed by atoms with Crippen LogP contribution in [0, 0.1) is 5.92 Å². The molecule has 2 saturated heterocycles. The number of aromatic carboxylic acids is 1. The molecule has 0 radical (unpaired) electrons. The third-order valence-electron chi connectivity index (χ3n) is 4.83. The van der Waals surface area contributed by atoms with Gasteiger partial charge in [-0.25, -0.2) is 9.78 Å². The topological polar surface area (TPSA) is 56.7 Å². The number of fused-ring (bicyclic) bond motifs is 1. The van der Waals surface area contributed by atoms with Crippen molar-refractivity contribution in [2.24, 2.45) is 5.92 Å². The smallest absolute Gasteiger partial charge is 0.347 e. The normalized spacial score (nSPS) is 26.7. The van der Waals surface area contributed by atoms with Gasteiger partial charge in [-0.2, -0.15) is 0 Å². The monoisotopic (exact) mass is 309 g/mol. The summed E-state index contributed by atoms with van der Waals surface area (Å²) < 4.78 is 0.